The number of aliphatic hydroxyl groups excluding tert-OH is 1. The van der Waals surface area contributed by atoms with Crippen LogP contribution in [0.5, 0.6) is 0 Å². The number of aliphatic hydroxyl groups is 1. The molecule has 0 aliphatic carbocycles. The van der Waals surface area contributed by atoms with E-state index < -0.39 is 66.6 Å². The number of benzene rings is 1. The molecule has 328 valence electrons. The molecule has 0 spiro atoms. The molecular weight excluding hydrogens is 745 g/mol. The lowest BCUT2D eigenvalue weighted by Gasteiger charge is -2.41. The van der Waals surface area contributed by atoms with Gasteiger partial charge in [-0.15, -0.1) is 0 Å². The van der Waals surface area contributed by atoms with Gasteiger partial charge in [0.05, 0.1) is 67.9 Å². The number of amides is 5. The first-order valence-electron chi connectivity index (χ1n) is 21.0. The van der Waals surface area contributed by atoms with Crippen molar-refractivity contribution in [3.05, 3.63) is 35.9 Å². The monoisotopic (exact) mass is 817 g/mol. The minimum Gasteiger partial charge on any atom is -0.439 e. The van der Waals surface area contributed by atoms with Gasteiger partial charge in [-0.25, -0.2) is 4.79 Å². The van der Waals surface area contributed by atoms with Crippen LogP contribution >= 0.6 is 0 Å². The summed E-state index contributed by atoms with van der Waals surface area (Å²) in [6, 6.07) is 6.45. The Kier molecular flexibility index (Phi) is 18.9. The van der Waals surface area contributed by atoms with Gasteiger partial charge in [0.25, 0.3) is 0 Å². The van der Waals surface area contributed by atoms with E-state index in [9.17, 15) is 29.1 Å². The molecule has 0 saturated carbocycles. The second kappa shape index (κ2) is 22.5. The normalized spacial score (nSPS) is 20.6. The number of nitrogens with one attached hydrogen (secondary N) is 3. The van der Waals surface area contributed by atoms with Gasteiger partial charge in [-0.1, -0.05) is 85.2 Å². The van der Waals surface area contributed by atoms with Crippen molar-refractivity contribution in [2.24, 2.45) is 23.7 Å². The number of ether oxygens (including phenoxy) is 3. The predicted molar refractivity (Wildman–Crippen MR) is 221 cm³/mol. The summed E-state index contributed by atoms with van der Waals surface area (Å²) in [7, 11) is 6.53. The van der Waals surface area contributed by atoms with E-state index in [1.165, 1.54) is 12.0 Å². The van der Waals surface area contributed by atoms with Crippen LogP contribution in [0.1, 0.15) is 92.7 Å². The number of β-amino-alcohol motifs (C(OH)–C–C–N with tert-alkyl or cyclic N) is 1. The smallest absolute Gasteiger partial charge is 0.410 e. The van der Waals surface area contributed by atoms with E-state index in [0.717, 1.165) is 12.8 Å². The quantitative estimate of drug-likeness (QED) is 0.144. The van der Waals surface area contributed by atoms with Crippen molar-refractivity contribution >= 4 is 29.7 Å². The van der Waals surface area contributed by atoms with Crippen LogP contribution in [0, 0.1) is 23.7 Å². The molecule has 15 heteroatoms. The highest BCUT2D eigenvalue weighted by molar-refractivity contribution is 5.90. The largest absolute Gasteiger partial charge is 0.439 e. The zero-order valence-electron chi connectivity index (χ0n) is 36.9. The molecule has 0 radical (unpaired) electrons. The second-order valence-electron chi connectivity index (χ2n) is 16.9. The zero-order valence-corrected chi connectivity index (χ0v) is 36.9. The van der Waals surface area contributed by atoms with E-state index in [1.807, 2.05) is 71.9 Å². The molecule has 1 unspecified atom stereocenters. The van der Waals surface area contributed by atoms with Crippen LogP contribution < -0.4 is 16.0 Å². The van der Waals surface area contributed by atoms with Gasteiger partial charge in [0, 0.05) is 27.8 Å². The average Bonchev–Trinajstić information content (AvgIpc) is 3.67. The van der Waals surface area contributed by atoms with Crippen LogP contribution in [0.4, 0.5) is 4.79 Å². The highest BCUT2D eigenvalue weighted by Crippen LogP contribution is 2.31. The Morgan fingerprint density at radius 1 is 0.897 bits per heavy atom. The lowest BCUT2D eigenvalue weighted by Crippen LogP contribution is -2.59. The summed E-state index contributed by atoms with van der Waals surface area (Å²) in [5.74, 6) is -1.88. The van der Waals surface area contributed by atoms with Gasteiger partial charge >= 0.3 is 6.09 Å². The first-order valence-corrected chi connectivity index (χ1v) is 21.0. The Labute approximate surface area is 346 Å². The Bertz CT molecular complexity index is 1490. The number of nitrogens with zero attached hydrogens (tertiary/aromatic N) is 3. The molecule has 2 aliphatic rings. The minimum atomic E-state index is -0.792. The van der Waals surface area contributed by atoms with Gasteiger partial charge < -0.3 is 50.0 Å². The third-order valence-electron chi connectivity index (χ3n) is 12.0. The molecule has 58 heavy (non-hydrogen) atoms. The molecule has 5 amide bonds. The molecule has 0 aromatic heterocycles. The summed E-state index contributed by atoms with van der Waals surface area (Å²) in [6.45, 7) is 16.2. The van der Waals surface area contributed by atoms with Crippen molar-refractivity contribution in [1.29, 1.82) is 0 Å². The van der Waals surface area contributed by atoms with E-state index in [0.29, 0.717) is 18.5 Å². The van der Waals surface area contributed by atoms with Crippen molar-refractivity contribution in [1.82, 2.24) is 30.7 Å². The Hall–Kier alpha value is -3.79. The van der Waals surface area contributed by atoms with Crippen molar-refractivity contribution in [3.8, 4) is 0 Å². The third-order valence-corrected chi connectivity index (χ3v) is 12.0. The molecule has 1 aromatic carbocycles. The molecule has 4 N–H and O–H groups in total. The van der Waals surface area contributed by atoms with Gasteiger partial charge in [0.1, 0.15) is 12.1 Å². The maximum Gasteiger partial charge on any atom is 0.410 e. The maximum atomic E-state index is 14.3. The molecule has 10 atom stereocenters. The number of rotatable bonds is 21. The highest BCUT2D eigenvalue weighted by atomic mass is 16.6. The van der Waals surface area contributed by atoms with E-state index in [1.54, 1.807) is 44.9 Å². The first kappa shape index (κ1) is 48.6. The van der Waals surface area contributed by atoms with E-state index in [2.05, 4.69) is 16.0 Å². The molecule has 2 aliphatic heterocycles. The molecule has 1 aromatic rings. The predicted octanol–water partition coefficient (Wildman–Crippen LogP) is 3.35. The molecule has 15 nitrogen and oxygen atoms in total. The topological polar surface area (TPSA) is 179 Å². The second-order valence-corrected chi connectivity index (χ2v) is 16.9. The molecule has 0 bridgehead atoms. The van der Waals surface area contributed by atoms with E-state index in [4.69, 9.17) is 14.2 Å². The number of likely N-dealkylation sites (tertiary alicyclic amines) is 2. The van der Waals surface area contributed by atoms with Gasteiger partial charge in [-0.3, -0.25) is 19.2 Å². The summed E-state index contributed by atoms with van der Waals surface area (Å²) >= 11 is 0. The van der Waals surface area contributed by atoms with E-state index in [-0.39, 0.29) is 60.9 Å². The molecule has 2 heterocycles. The van der Waals surface area contributed by atoms with Crippen LogP contribution in [0.15, 0.2) is 30.3 Å². The van der Waals surface area contributed by atoms with E-state index >= 15 is 0 Å². The fraction of sp³-hybridized carbons (Fsp3) is 0.744. The lowest BCUT2D eigenvalue weighted by molar-refractivity contribution is -0.148. The maximum absolute atomic E-state index is 14.3. The molecular formula is C43H72N6O9. The zero-order chi connectivity index (χ0) is 43.4. The number of hydrogen-bond acceptors (Lipinski definition) is 10. The number of carbonyl (C=O) groups excluding carboxylic acids is 5. The Balaban J connectivity index is 1.77. The fourth-order valence-electron chi connectivity index (χ4n) is 8.37. The summed E-state index contributed by atoms with van der Waals surface area (Å²) in [6.07, 6.45) is -1.15. The molecule has 3 rings (SSSR count). The standard InChI is InChI=1S/C43H72N6O9/c1-13-27(6)37(47(10)42(54)36(26(4)5)46-41(53)35(44-9)25(2)3)33(56-11)22-34(51)49-21-17-20-32(49)38(57-12)28(7)40(52)45-29(8)39(30-18-15-14-16-19-30)58-43(55)48-23-31(50)24-48/h14-16,18-19,25-29,31-33,35-39,44,50H,13,17,20-24H2,1-12H3,(H,45,52)(H,46,53)/t27-,28+,29+,32-,33?,35-,36-,37-,38+,39+/m0/s1. The number of methoxy groups -OCH3 is 2. The summed E-state index contributed by atoms with van der Waals surface area (Å²) in [4.78, 5) is 73.4. The van der Waals surface area contributed by atoms with Crippen LogP contribution in [-0.2, 0) is 33.4 Å². The summed E-state index contributed by atoms with van der Waals surface area (Å²) in [5.41, 5.74) is 0.710. The van der Waals surface area contributed by atoms with Crippen molar-refractivity contribution in [2.45, 2.75) is 136 Å². The van der Waals surface area contributed by atoms with Crippen LogP contribution in [0.2, 0.25) is 0 Å². The summed E-state index contributed by atoms with van der Waals surface area (Å²) < 4.78 is 17.9. The van der Waals surface area contributed by atoms with Crippen molar-refractivity contribution in [3.63, 3.8) is 0 Å². The lowest BCUT2D eigenvalue weighted by atomic mass is 9.89. The summed E-state index contributed by atoms with van der Waals surface area (Å²) in [5, 5.41) is 18.8. The van der Waals surface area contributed by atoms with Gasteiger partial charge in [0.2, 0.25) is 23.6 Å². The van der Waals surface area contributed by atoms with Crippen LogP contribution in [-0.4, -0.2) is 146 Å². The van der Waals surface area contributed by atoms with Crippen LogP contribution in [0.25, 0.3) is 0 Å². The van der Waals surface area contributed by atoms with Crippen LogP contribution in [0.3, 0.4) is 0 Å². The minimum absolute atomic E-state index is 0.000274. The Morgan fingerprint density at radius 3 is 2.03 bits per heavy atom. The van der Waals surface area contributed by atoms with Gasteiger partial charge in [0.15, 0.2) is 0 Å². The van der Waals surface area contributed by atoms with Gasteiger partial charge in [-0.2, -0.15) is 0 Å². The number of hydrogen-bond donors (Lipinski definition) is 4. The van der Waals surface area contributed by atoms with Crippen molar-refractivity contribution in [2.75, 3.05) is 47.9 Å². The first-order chi connectivity index (χ1) is 27.4. The number of carbonyl (C=O) groups is 5. The van der Waals surface area contributed by atoms with Crippen molar-refractivity contribution < 1.29 is 43.3 Å². The Morgan fingerprint density at radius 2 is 1.52 bits per heavy atom. The fourth-order valence-corrected chi connectivity index (χ4v) is 8.37. The average molecular weight is 817 g/mol. The molecule has 2 saturated heterocycles. The number of likely N-dealkylation sites (N-methyl/N-ethyl adjacent to an activating group) is 2. The van der Waals surface area contributed by atoms with Gasteiger partial charge in [-0.05, 0) is 50.1 Å². The highest BCUT2D eigenvalue weighted by Gasteiger charge is 2.43. The third kappa shape index (κ3) is 12.1. The molecule has 2 fully saturated rings. The SMILES string of the molecule is CC[C@H](C)[C@@H](C(CC(=O)N1CCC[C@H]1[C@H](OC)[C@@H](C)C(=O)N[C@H](C)[C@@H](OC(=O)N1CC(O)C1)c1ccccc1)OC)N(C)C(=O)[C@@H](NC(=O)[C@@H](NC)C(C)C)C(C)C.